The third-order valence-corrected chi connectivity index (χ3v) is 27.3. The van der Waals surface area contributed by atoms with Gasteiger partial charge in [-0.05, 0) is 337 Å². The Morgan fingerprint density at radius 2 is 0.912 bits per heavy atom. The van der Waals surface area contributed by atoms with E-state index < -0.39 is 0 Å². The van der Waals surface area contributed by atoms with Crippen LogP contribution in [0.15, 0.2) is 268 Å². The van der Waals surface area contributed by atoms with Crippen molar-refractivity contribution in [2.45, 2.75) is 227 Å². The maximum absolute atomic E-state index is 2.48. The molecule has 13 aliphatic carbocycles. The number of rotatable bonds is 16. The zero-order valence-electron chi connectivity index (χ0n) is 63.3. The predicted molar refractivity (Wildman–Crippen MR) is 436 cm³/mol. The molecule has 4 saturated carbocycles. The van der Waals surface area contributed by atoms with E-state index in [1.807, 2.05) is 0 Å². The van der Waals surface area contributed by atoms with Crippen LogP contribution in [0.2, 0.25) is 0 Å². The van der Waals surface area contributed by atoms with Gasteiger partial charge in [0.1, 0.15) is 0 Å². The minimum Gasteiger partial charge on any atom is -0.0836 e. The largest absolute Gasteiger partial charge is 0.0836 e. The van der Waals surface area contributed by atoms with Crippen molar-refractivity contribution in [3.05, 3.63) is 324 Å². The summed E-state index contributed by atoms with van der Waals surface area (Å²) in [5, 5.41) is 0. The Bertz CT molecular complexity index is 4180. The molecule has 4 fully saturated rings. The van der Waals surface area contributed by atoms with Gasteiger partial charge in [0, 0.05) is 17.8 Å². The Morgan fingerprint density at radius 1 is 0.402 bits per heavy atom. The van der Waals surface area contributed by atoms with Crippen LogP contribution in [0.1, 0.15) is 237 Å². The molecule has 5 unspecified atom stereocenters. The van der Waals surface area contributed by atoms with Crippen LogP contribution in [0.5, 0.6) is 0 Å². The van der Waals surface area contributed by atoms with Crippen LogP contribution in [0.25, 0.3) is 5.57 Å². The quantitative estimate of drug-likeness (QED) is 0.105. The van der Waals surface area contributed by atoms with Gasteiger partial charge in [0.25, 0.3) is 0 Å². The molecule has 0 aliphatic heterocycles. The van der Waals surface area contributed by atoms with Crippen LogP contribution in [0.3, 0.4) is 0 Å². The lowest BCUT2D eigenvalue weighted by Crippen LogP contribution is -2.26. The van der Waals surface area contributed by atoms with Gasteiger partial charge in [-0.25, -0.2) is 0 Å². The van der Waals surface area contributed by atoms with Crippen LogP contribution in [-0.4, -0.2) is 0 Å². The molecule has 17 rings (SSSR count). The van der Waals surface area contributed by atoms with Gasteiger partial charge in [0.15, 0.2) is 0 Å². The molecule has 0 aromatic heterocycles. The van der Waals surface area contributed by atoms with Crippen LogP contribution in [-0.2, 0) is 38.5 Å². The average Bonchev–Trinajstić information content (AvgIpc) is 1.58. The SMILES string of the molecule is CC(C)C1CCC(c2ccc(CC3=CC=C(C4=CCCC=C4)C4C=CC=C34)cc2)CC1.CC1CCCC(C2CCC(Cc3ccc(CC4=CC=C(c5ccc6c(c5)CCC6)C5C=CC=C45)cc3)CC2)C1.Cc1cc(CC2=CC=C(C3=CCCC=C3)C3C=CC=C23)ccc1C1CCC(C(C)C)CC1. The summed E-state index contributed by atoms with van der Waals surface area (Å²) in [5.74, 6) is 10.3. The Labute approximate surface area is 617 Å². The minimum atomic E-state index is 0.413. The topological polar surface area (TPSA) is 0 Å². The van der Waals surface area contributed by atoms with Gasteiger partial charge >= 0.3 is 0 Å². The van der Waals surface area contributed by atoms with E-state index in [0.29, 0.717) is 17.8 Å². The molecule has 0 bridgehead atoms. The van der Waals surface area contributed by atoms with Gasteiger partial charge in [-0.2, -0.15) is 0 Å². The van der Waals surface area contributed by atoms with Crippen LogP contribution in [0.4, 0.5) is 0 Å². The van der Waals surface area contributed by atoms with E-state index in [-0.39, 0.29) is 0 Å². The third-order valence-electron chi connectivity index (χ3n) is 27.3. The Hall–Kier alpha value is -7.28. The van der Waals surface area contributed by atoms with Crippen LogP contribution >= 0.6 is 0 Å². The fourth-order valence-corrected chi connectivity index (χ4v) is 21.0. The zero-order chi connectivity index (χ0) is 69.5. The van der Waals surface area contributed by atoms with Crippen molar-refractivity contribution in [2.24, 2.45) is 65.1 Å². The fourth-order valence-electron chi connectivity index (χ4n) is 21.0. The lowest BCUT2D eigenvalue weighted by atomic mass is 9.68. The number of allylic oxidation sites excluding steroid dienone is 32. The molecule has 0 nitrogen and oxygen atoms in total. The standard InChI is InChI=1S/C39H46.C32H38.C31H36/c1-27-5-2-7-33(23-27)32-17-15-29(16-18-32)24-28-11-13-30(14-12-28)25-35-21-22-38(39-10-4-9-37(35)39)36-20-19-31-6-3-8-34(31)26-36;1-22(2)25-13-15-27(16-14-25)29-18-12-24(20-23(29)3)21-28-17-19-31(26-8-5-4-6-9-26)32-11-7-10-30(28)32;1-22(2)24-15-17-26(18-16-24)25-13-11-23(12-14-25)21-28-19-20-30(27-7-4-3-5-8-27)31-10-6-9-29(28)31/h4,9-14,19-22,26-27,29,32-33,39H,2-3,5-8,15-18,23-25H2,1H3;5,7-12,17-20,22,25,27,32H,4,6,13-16,21H2,1-3H3;4,6-14,19-20,22,24,26,31H,3,5,15-18,21H2,1-2H3. The van der Waals surface area contributed by atoms with Crippen molar-refractivity contribution in [3.8, 4) is 0 Å². The van der Waals surface area contributed by atoms with E-state index in [4.69, 9.17) is 0 Å². The summed E-state index contributed by atoms with van der Waals surface area (Å²) in [6.45, 7) is 14.4. The number of aryl methyl sites for hydroxylation is 3. The molecule has 0 spiro atoms. The highest BCUT2D eigenvalue weighted by Crippen LogP contribution is 2.48. The summed E-state index contributed by atoms with van der Waals surface area (Å²) >= 11 is 0. The van der Waals surface area contributed by atoms with Crippen molar-refractivity contribution in [2.75, 3.05) is 0 Å². The summed E-state index contributed by atoms with van der Waals surface area (Å²) in [6.07, 6.45) is 85.1. The van der Waals surface area contributed by atoms with E-state index in [9.17, 15) is 0 Å². The predicted octanol–water partition coefficient (Wildman–Crippen LogP) is 27.2. The van der Waals surface area contributed by atoms with Crippen molar-refractivity contribution in [3.63, 3.8) is 0 Å². The van der Waals surface area contributed by atoms with Gasteiger partial charge in [-0.15, -0.1) is 0 Å². The molecule has 5 atom stereocenters. The number of benzene rings is 4. The molecule has 0 heterocycles. The minimum absolute atomic E-state index is 0.413. The second-order valence-corrected chi connectivity index (χ2v) is 34.5. The van der Waals surface area contributed by atoms with Crippen LogP contribution < -0.4 is 0 Å². The molecule has 13 aliphatic rings. The number of hydrogen-bond acceptors (Lipinski definition) is 0. The molecule has 4 aromatic rings. The maximum atomic E-state index is 2.48. The summed E-state index contributed by atoms with van der Waals surface area (Å²) in [5.41, 5.74) is 31.3. The van der Waals surface area contributed by atoms with E-state index in [1.54, 1.807) is 27.8 Å². The zero-order valence-corrected chi connectivity index (χ0v) is 63.3. The highest BCUT2D eigenvalue weighted by Gasteiger charge is 2.34. The molecular formula is C102H120. The molecular weight excluding hydrogens is 1230 g/mol. The first-order chi connectivity index (χ1) is 50.0. The molecule has 0 heteroatoms. The van der Waals surface area contributed by atoms with Crippen molar-refractivity contribution in [1.82, 2.24) is 0 Å². The monoisotopic (exact) mass is 1340 g/mol. The molecule has 0 saturated heterocycles. The number of hydrogen-bond donors (Lipinski definition) is 0. The Morgan fingerprint density at radius 3 is 1.45 bits per heavy atom. The highest BCUT2D eigenvalue weighted by molar-refractivity contribution is 5.79. The first-order valence-electron chi connectivity index (χ1n) is 41.5. The maximum Gasteiger partial charge on any atom is 0.0281 e. The summed E-state index contributed by atoms with van der Waals surface area (Å²) in [7, 11) is 0. The Kier molecular flexibility index (Phi) is 22.6. The third kappa shape index (κ3) is 16.5. The smallest absolute Gasteiger partial charge is 0.0281 e. The van der Waals surface area contributed by atoms with Crippen molar-refractivity contribution >= 4 is 5.57 Å². The van der Waals surface area contributed by atoms with Crippen LogP contribution in [0, 0.1) is 72.0 Å². The second-order valence-electron chi connectivity index (χ2n) is 34.5. The van der Waals surface area contributed by atoms with Gasteiger partial charge in [0.2, 0.25) is 0 Å². The molecule has 0 amide bonds. The van der Waals surface area contributed by atoms with E-state index in [0.717, 1.165) is 78.4 Å². The van der Waals surface area contributed by atoms with E-state index >= 15 is 0 Å². The van der Waals surface area contributed by atoms with Crippen molar-refractivity contribution in [1.29, 1.82) is 0 Å². The van der Waals surface area contributed by atoms with Gasteiger partial charge in [-0.3, -0.25) is 0 Å². The van der Waals surface area contributed by atoms with Crippen molar-refractivity contribution < 1.29 is 0 Å². The Balaban J connectivity index is 0.000000125. The first-order valence-corrected chi connectivity index (χ1v) is 41.5. The average molecular weight is 1350 g/mol. The van der Waals surface area contributed by atoms with Gasteiger partial charge in [-0.1, -0.05) is 266 Å². The normalized spacial score (nSPS) is 28.3. The lowest BCUT2D eigenvalue weighted by Gasteiger charge is -2.37. The van der Waals surface area contributed by atoms with E-state index in [2.05, 4.69) is 254 Å². The van der Waals surface area contributed by atoms with Gasteiger partial charge < -0.3 is 0 Å². The molecule has 0 N–H and O–H groups in total. The highest BCUT2D eigenvalue weighted by atomic mass is 14.4. The fraction of sp³-hybridized carbons (Fsp3) is 0.451. The lowest BCUT2D eigenvalue weighted by molar-refractivity contribution is 0.145. The molecule has 102 heavy (non-hydrogen) atoms. The summed E-state index contributed by atoms with van der Waals surface area (Å²) in [4.78, 5) is 0. The van der Waals surface area contributed by atoms with Gasteiger partial charge in [0.05, 0.1) is 0 Å². The first kappa shape index (κ1) is 70.4. The summed E-state index contributed by atoms with van der Waals surface area (Å²) < 4.78 is 0. The summed E-state index contributed by atoms with van der Waals surface area (Å²) in [6, 6.07) is 33.8. The second kappa shape index (κ2) is 32.8. The molecule has 4 aromatic carbocycles. The van der Waals surface area contributed by atoms with E-state index in [1.165, 1.54) is 243 Å². The molecule has 0 radical (unpaired) electrons. The number of fused-ring (bicyclic) bond motifs is 4. The molecule has 528 valence electrons.